The maximum atomic E-state index is 11.3. The van der Waals surface area contributed by atoms with Crippen LogP contribution in [0.2, 0.25) is 0 Å². The van der Waals surface area contributed by atoms with Crippen LogP contribution in [0.5, 0.6) is 0 Å². The standard InChI is InChI=1S/C17H40N6O2.C8H21N3.C7H9NO5.6CH4/c1-4-6-19-8-14-23(11-5-18)15-9-20-7-12-22(2)13-10-21-17(24)16-25-3;1-3-5-10-6-8-11(2)7-4-9;1-12-4-7(11)13-8-5(9)2-3-6(8)10;;;;;;/h19-20H,4-16,18H2,1-3H3,(H,21,24);10H,3-9H2,1-2H3;2-4H2,1H3;6*1H4. The van der Waals surface area contributed by atoms with Gasteiger partial charge in [-0.2, -0.15) is 0 Å². The van der Waals surface area contributed by atoms with E-state index >= 15 is 0 Å². The van der Waals surface area contributed by atoms with Gasteiger partial charge in [-0.05, 0) is 40.0 Å². The SMILES string of the molecule is C.C.C.C.C.C.CCCNCCN(C)CCN.CCCNCCN(CCN)CCNCCN(C)CCNC(=O)COC.COCC(=O)ON1C(=O)CCC1=O. The number of hydroxylamine groups is 2. The number of nitrogens with zero attached hydrogens (tertiary/aromatic N) is 4. The molecular weight excluding hydrogens is 708 g/mol. The second-order valence-electron chi connectivity index (χ2n) is 11.5. The van der Waals surface area contributed by atoms with Crippen LogP contribution in [0.25, 0.3) is 0 Å². The van der Waals surface area contributed by atoms with Crippen LogP contribution >= 0.6 is 0 Å². The fraction of sp³-hybridized carbons (Fsp3) is 0.895. The number of nitrogens with one attached hydrogen (secondary N) is 4. The molecule has 3 amide bonds. The summed E-state index contributed by atoms with van der Waals surface area (Å²) in [6.45, 7) is 19.4. The normalized spacial score (nSPS) is 11.3. The summed E-state index contributed by atoms with van der Waals surface area (Å²) in [5.74, 6) is -1.81. The van der Waals surface area contributed by atoms with Crippen LogP contribution in [0.3, 0.4) is 0 Å². The van der Waals surface area contributed by atoms with Crippen molar-refractivity contribution in [3.05, 3.63) is 0 Å². The van der Waals surface area contributed by atoms with Gasteiger partial charge in [-0.15, -0.1) is 5.06 Å². The largest absolute Gasteiger partial charge is 0.375 e. The van der Waals surface area contributed by atoms with Crippen molar-refractivity contribution in [2.45, 2.75) is 84.1 Å². The minimum Gasteiger partial charge on any atom is -0.375 e. The van der Waals surface area contributed by atoms with Gasteiger partial charge in [0, 0.05) is 119 Å². The first-order valence-corrected chi connectivity index (χ1v) is 17.5. The van der Waals surface area contributed by atoms with Gasteiger partial charge in [0.1, 0.15) is 13.2 Å². The molecular formula is C38H94N10O7. The van der Waals surface area contributed by atoms with Gasteiger partial charge in [-0.25, -0.2) is 4.79 Å². The zero-order valence-corrected chi connectivity index (χ0v) is 31.4. The molecule has 1 saturated heterocycles. The Morgan fingerprint density at radius 2 is 1.02 bits per heavy atom. The highest BCUT2D eigenvalue weighted by molar-refractivity contribution is 6.01. The van der Waals surface area contributed by atoms with Crippen LogP contribution in [0.15, 0.2) is 0 Å². The number of carbonyl (C=O) groups excluding carboxylic acids is 4. The Hall–Kier alpha value is -2.32. The van der Waals surface area contributed by atoms with Gasteiger partial charge < -0.3 is 56.8 Å². The molecule has 0 aliphatic carbocycles. The van der Waals surface area contributed by atoms with Crippen molar-refractivity contribution in [1.29, 1.82) is 0 Å². The van der Waals surface area contributed by atoms with Crippen molar-refractivity contribution in [2.24, 2.45) is 11.5 Å². The molecule has 0 aromatic carbocycles. The summed E-state index contributed by atoms with van der Waals surface area (Å²) in [6, 6.07) is 0. The molecule has 0 aromatic rings. The van der Waals surface area contributed by atoms with E-state index in [0.29, 0.717) is 18.2 Å². The van der Waals surface area contributed by atoms with E-state index in [1.807, 2.05) is 0 Å². The van der Waals surface area contributed by atoms with E-state index in [9.17, 15) is 19.2 Å². The van der Waals surface area contributed by atoms with E-state index in [1.165, 1.54) is 27.1 Å². The summed E-state index contributed by atoms with van der Waals surface area (Å²) in [4.78, 5) is 55.2. The topological polar surface area (TPSA) is 209 Å². The first-order chi connectivity index (χ1) is 23.6. The van der Waals surface area contributed by atoms with Gasteiger partial charge in [0.25, 0.3) is 11.8 Å². The molecule has 0 aromatic heterocycles. The fourth-order valence-corrected chi connectivity index (χ4v) is 4.18. The lowest BCUT2D eigenvalue weighted by Crippen LogP contribution is -2.41. The van der Waals surface area contributed by atoms with E-state index in [0.717, 1.165) is 91.6 Å². The molecule has 8 N–H and O–H groups in total. The molecule has 1 fully saturated rings. The van der Waals surface area contributed by atoms with Gasteiger partial charge in [-0.1, -0.05) is 58.4 Å². The Balaban J connectivity index is -0.000000105. The quantitative estimate of drug-likeness (QED) is 0.0489. The minimum absolute atomic E-state index is 0. The molecule has 1 aliphatic rings. The molecule has 0 unspecified atom stereocenters. The number of rotatable bonds is 28. The van der Waals surface area contributed by atoms with Crippen molar-refractivity contribution < 1.29 is 33.5 Å². The van der Waals surface area contributed by atoms with Crippen molar-refractivity contribution in [3.8, 4) is 0 Å². The van der Waals surface area contributed by atoms with Gasteiger partial charge in [0.2, 0.25) is 5.91 Å². The zero-order chi connectivity index (χ0) is 37.1. The van der Waals surface area contributed by atoms with Gasteiger partial charge in [0.05, 0.1) is 0 Å². The molecule has 338 valence electrons. The summed E-state index contributed by atoms with van der Waals surface area (Å²) >= 11 is 0. The Morgan fingerprint density at radius 1 is 0.618 bits per heavy atom. The van der Waals surface area contributed by atoms with Gasteiger partial charge in [-0.3, -0.25) is 19.3 Å². The molecule has 0 radical (unpaired) electrons. The maximum absolute atomic E-state index is 11.3. The molecule has 0 spiro atoms. The Kier molecular flexibility index (Phi) is 66.2. The second-order valence-corrected chi connectivity index (χ2v) is 11.5. The summed E-state index contributed by atoms with van der Waals surface area (Å²) in [5.41, 5.74) is 11.1. The molecule has 17 nitrogen and oxygen atoms in total. The first kappa shape index (κ1) is 70.5. The van der Waals surface area contributed by atoms with Crippen molar-refractivity contribution in [2.75, 3.05) is 146 Å². The third-order valence-corrected chi connectivity index (χ3v) is 6.91. The van der Waals surface area contributed by atoms with Crippen LogP contribution in [-0.2, 0) is 33.5 Å². The number of amides is 3. The smallest absolute Gasteiger partial charge is 0.358 e. The highest BCUT2D eigenvalue weighted by Gasteiger charge is 2.32. The highest BCUT2D eigenvalue weighted by Crippen LogP contribution is 2.11. The van der Waals surface area contributed by atoms with E-state index in [2.05, 4.69) is 73.5 Å². The number of ether oxygens (including phenoxy) is 2. The molecule has 55 heavy (non-hydrogen) atoms. The Morgan fingerprint density at radius 3 is 1.44 bits per heavy atom. The number of carbonyl (C=O) groups is 4. The predicted molar refractivity (Wildman–Crippen MR) is 233 cm³/mol. The van der Waals surface area contributed by atoms with E-state index < -0.39 is 17.8 Å². The Labute approximate surface area is 339 Å². The number of likely N-dealkylation sites (N-methyl/N-ethyl adjacent to an activating group) is 2. The number of imide groups is 1. The van der Waals surface area contributed by atoms with Gasteiger partial charge >= 0.3 is 5.97 Å². The lowest BCUT2D eigenvalue weighted by Gasteiger charge is -2.22. The molecule has 0 saturated carbocycles. The van der Waals surface area contributed by atoms with E-state index in [4.69, 9.17) is 16.2 Å². The van der Waals surface area contributed by atoms with Crippen molar-refractivity contribution in [1.82, 2.24) is 41.0 Å². The number of methoxy groups -OCH3 is 2. The lowest BCUT2D eigenvalue weighted by molar-refractivity contribution is -0.199. The van der Waals surface area contributed by atoms with Crippen LogP contribution in [0, 0.1) is 0 Å². The summed E-state index contributed by atoms with van der Waals surface area (Å²) in [5, 5.41) is 13.6. The van der Waals surface area contributed by atoms with E-state index in [1.54, 1.807) is 0 Å². The lowest BCUT2D eigenvalue weighted by atomic mass is 10.4. The van der Waals surface area contributed by atoms with Crippen LogP contribution in [0.1, 0.15) is 84.1 Å². The highest BCUT2D eigenvalue weighted by atomic mass is 16.7. The summed E-state index contributed by atoms with van der Waals surface area (Å²) in [6.07, 6.45) is 2.57. The van der Waals surface area contributed by atoms with E-state index in [-0.39, 0.29) is 76.5 Å². The maximum Gasteiger partial charge on any atom is 0.358 e. The molecule has 1 rings (SSSR count). The molecule has 1 heterocycles. The van der Waals surface area contributed by atoms with Crippen LogP contribution in [-0.4, -0.2) is 190 Å². The van der Waals surface area contributed by atoms with Crippen LogP contribution in [0.4, 0.5) is 0 Å². The fourth-order valence-electron chi connectivity index (χ4n) is 4.18. The van der Waals surface area contributed by atoms with Crippen molar-refractivity contribution >= 4 is 23.7 Å². The monoisotopic (exact) mass is 803 g/mol. The van der Waals surface area contributed by atoms with Crippen molar-refractivity contribution in [3.63, 3.8) is 0 Å². The number of hydrogen-bond acceptors (Lipinski definition) is 15. The average molecular weight is 803 g/mol. The molecule has 0 atom stereocenters. The summed E-state index contributed by atoms with van der Waals surface area (Å²) in [7, 11) is 6.99. The minimum atomic E-state index is -0.758. The number of hydrogen-bond donors (Lipinski definition) is 6. The zero-order valence-electron chi connectivity index (χ0n) is 31.4. The average Bonchev–Trinajstić information content (AvgIpc) is 3.38. The first-order valence-electron chi connectivity index (χ1n) is 17.5. The third-order valence-electron chi connectivity index (χ3n) is 6.91. The summed E-state index contributed by atoms with van der Waals surface area (Å²) < 4.78 is 9.24. The third kappa shape index (κ3) is 46.0. The molecule has 0 bridgehead atoms. The predicted octanol–water partition coefficient (Wildman–Crippen LogP) is 1.46. The molecule has 1 aliphatic heterocycles. The molecule has 17 heteroatoms. The van der Waals surface area contributed by atoms with Gasteiger partial charge in [0.15, 0.2) is 0 Å². The Bertz CT molecular complexity index is 817. The second kappa shape index (κ2) is 51.7. The van der Waals surface area contributed by atoms with Crippen LogP contribution < -0.4 is 32.7 Å². The number of nitrogens with two attached hydrogens (primary N) is 2.